The van der Waals surface area contributed by atoms with E-state index in [4.69, 9.17) is 10.8 Å². The average Bonchev–Trinajstić information content (AvgIpc) is 2.43. The summed E-state index contributed by atoms with van der Waals surface area (Å²) >= 11 is 1.80. The van der Waals surface area contributed by atoms with Crippen molar-refractivity contribution in [1.82, 2.24) is 0 Å². The summed E-state index contributed by atoms with van der Waals surface area (Å²) in [6.07, 6.45) is 0.840. The summed E-state index contributed by atoms with van der Waals surface area (Å²) in [6.45, 7) is 0.260. The molecule has 0 saturated heterocycles. The van der Waals surface area contributed by atoms with Crippen LogP contribution in [0.3, 0.4) is 0 Å². The van der Waals surface area contributed by atoms with Crippen LogP contribution in [0.5, 0.6) is 0 Å². The van der Waals surface area contributed by atoms with Gasteiger partial charge in [-0.3, -0.25) is 0 Å². The Morgan fingerprint density at radius 2 is 1.89 bits per heavy atom. The fourth-order valence-electron chi connectivity index (χ4n) is 2.04. The van der Waals surface area contributed by atoms with Gasteiger partial charge in [0.2, 0.25) is 0 Å². The Morgan fingerprint density at radius 3 is 2.72 bits per heavy atom. The molecule has 0 aliphatic carbocycles. The van der Waals surface area contributed by atoms with Gasteiger partial charge in [0, 0.05) is 18.4 Å². The van der Waals surface area contributed by atoms with Gasteiger partial charge in [0.25, 0.3) is 0 Å². The van der Waals surface area contributed by atoms with Crippen LogP contribution in [0.15, 0.2) is 42.5 Å². The first-order valence-corrected chi connectivity index (χ1v) is 7.40. The lowest BCUT2D eigenvalue weighted by Crippen LogP contribution is -2.13. The van der Waals surface area contributed by atoms with Gasteiger partial charge in [-0.05, 0) is 28.5 Å². The number of fused-ring (bicyclic) bond motifs is 1. The number of aliphatic hydroxyl groups is 1. The molecule has 0 aliphatic rings. The number of benzene rings is 2. The van der Waals surface area contributed by atoms with Gasteiger partial charge in [0.15, 0.2) is 0 Å². The molecule has 18 heavy (non-hydrogen) atoms. The van der Waals surface area contributed by atoms with Gasteiger partial charge in [-0.2, -0.15) is 11.8 Å². The molecule has 0 aromatic heterocycles. The van der Waals surface area contributed by atoms with Crippen molar-refractivity contribution in [3.05, 3.63) is 48.0 Å². The standard InChI is InChI=1S/C15H19NOS/c16-15(11-18-10-4-9-17)14-8-3-6-12-5-1-2-7-13(12)14/h1-3,5-8,15,17H,4,9-11,16H2. The van der Waals surface area contributed by atoms with Gasteiger partial charge in [-0.15, -0.1) is 0 Å². The summed E-state index contributed by atoms with van der Waals surface area (Å²) in [6, 6.07) is 14.7. The molecule has 0 radical (unpaired) electrons. The highest BCUT2D eigenvalue weighted by Gasteiger charge is 2.09. The number of thioether (sulfide) groups is 1. The highest BCUT2D eigenvalue weighted by Crippen LogP contribution is 2.25. The maximum Gasteiger partial charge on any atom is 0.0438 e. The lowest BCUT2D eigenvalue weighted by Gasteiger charge is -2.14. The predicted molar refractivity (Wildman–Crippen MR) is 79.9 cm³/mol. The first-order chi connectivity index (χ1) is 8.83. The van der Waals surface area contributed by atoms with Gasteiger partial charge in [-0.25, -0.2) is 0 Å². The highest BCUT2D eigenvalue weighted by molar-refractivity contribution is 7.99. The van der Waals surface area contributed by atoms with E-state index in [1.54, 1.807) is 11.8 Å². The fraction of sp³-hybridized carbons (Fsp3) is 0.333. The van der Waals surface area contributed by atoms with Crippen LogP contribution >= 0.6 is 11.8 Å². The van der Waals surface area contributed by atoms with Crippen LogP contribution in [0.2, 0.25) is 0 Å². The van der Waals surface area contributed by atoms with Crippen molar-refractivity contribution in [3.8, 4) is 0 Å². The number of nitrogens with two attached hydrogens (primary N) is 1. The second-order valence-electron chi connectivity index (χ2n) is 4.33. The van der Waals surface area contributed by atoms with Crippen molar-refractivity contribution in [2.75, 3.05) is 18.1 Å². The molecule has 3 N–H and O–H groups in total. The molecule has 0 fully saturated rings. The third kappa shape index (κ3) is 3.25. The summed E-state index contributed by atoms with van der Waals surface area (Å²) in [5, 5.41) is 11.2. The Balaban J connectivity index is 2.10. The molecule has 0 bridgehead atoms. The van der Waals surface area contributed by atoms with E-state index >= 15 is 0 Å². The first kappa shape index (κ1) is 13.4. The van der Waals surface area contributed by atoms with E-state index in [-0.39, 0.29) is 12.6 Å². The maximum absolute atomic E-state index is 8.75. The molecule has 96 valence electrons. The minimum Gasteiger partial charge on any atom is -0.396 e. The Labute approximate surface area is 112 Å². The highest BCUT2D eigenvalue weighted by atomic mass is 32.2. The quantitative estimate of drug-likeness (QED) is 0.786. The van der Waals surface area contributed by atoms with E-state index in [0.717, 1.165) is 17.9 Å². The number of rotatable bonds is 6. The van der Waals surface area contributed by atoms with Crippen LogP contribution in [-0.4, -0.2) is 23.2 Å². The second kappa shape index (κ2) is 6.78. The van der Waals surface area contributed by atoms with Crippen LogP contribution in [0.4, 0.5) is 0 Å². The van der Waals surface area contributed by atoms with Crippen molar-refractivity contribution in [3.63, 3.8) is 0 Å². The van der Waals surface area contributed by atoms with Crippen molar-refractivity contribution in [2.24, 2.45) is 5.73 Å². The molecule has 0 heterocycles. The predicted octanol–water partition coefficient (Wildman–Crippen LogP) is 2.96. The third-order valence-electron chi connectivity index (χ3n) is 2.97. The minimum absolute atomic E-state index is 0.0554. The minimum atomic E-state index is 0.0554. The molecule has 2 nitrogen and oxygen atoms in total. The summed E-state index contributed by atoms with van der Waals surface area (Å²) in [5.41, 5.74) is 7.47. The Hall–Kier alpha value is -1.03. The molecule has 2 aromatic rings. The van der Waals surface area contributed by atoms with Crippen LogP contribution in [-0.2, 0) is 0 Å². The lowest BCUT2D eigenvalue weighted by atomic mass is 10.0. The Bertz CT molecular complexity index is 495. The first-order valence-electron chi connectivity index (χ1n) is 6.25. The molecule has 0 spiro atoms. The lowest BCUT2D eigenvalue weighted by molar-refractivity contribution is 0.296. The molecule has 1 atom stereocenters. The van der Waals surface area contributed by atoms with Crippen LogP contribution < -0.4 is 5.73 Å². The van der Waals surface area contributed by atoms with Crippen LogP contribution in [0.25, 0.3) is 10.8 Å². The van der Waals surface area contributed by atoms with E-state index in [9.17, 15) is 0 Å². The molecular formula is C15H19NOS. The Kier molecular flexibility index (Phi) is 5.05. The van der Waals surface area contributed by atoms with Gasteiger partial charge in [-0.1, -0.05) is 42.5 Å². The number of hydrogen-bond donors (Lipinski definition) is 2. The van der Waals surface area contributed by atoms with Gasteiger partial charge in [0.1, 0.15) is 0 Å². The third-order valence-corrected chi connectivity index (χ3v) is 4.14. The topological polar surface area (TPSA) is 46.2 Å². The van der Waals surface area contributed by atoms with Crippen LogP contribution in [0.1, 0.15) is 18.0 Å². The van der Waals surface area contributed by atoms with Crippen molar-refractivity contribution in [1.29, 1.82) is 0 Å². The molecule has 2 aromatic carbocycles. The zero-order valence-corrected chi connectivity index (χ0v) is 11.2. The summed E-state index contributed by atoms with van der Waals surface area (Å²) < 4.78 is 0. The zero-order chi connectivity index (χ0) is 12.8. The molecular weight excluding hydrogens is 242 g/mol. The second-order valence-corrected chi connectivity index (χ2v) is 5.48. The van der Waals surface area contributed by atoms with Crippen molar-refractivity contribution < 1.29 is 5.11 Å². The van der Waals surface area contributed by atoms with E-state index in [1.165, 1.54) is 16.3 Å². The summed E-state index contributed by atoms with van der Waals surface area (Å²) in [7, 11) is 0. The maximum atomic E-state index is 8.75. The molecule has 0 aliphatic heterocycles. The van der Waals surface area contributed by atoms with E-state index in [0.29, 0.717) is 0 Å². The Morgan fingerprint density at radius 1 is 1.11 bits per heavy atom. The van der Waals surface area contributed by atoms with Gasteiger partial charge < -0.3 is 10.8 Å². The van der Waals surface area contributed by atoms with E-state index < -0.39 is 0 Å². The molecule has 0 saturated carbocycles. The average molecular weight is 261 g/mol. The van der Waals surface area contributed by atoms with E-state index in [2.05, 4.69) is 36.4 Å². The molecule has 0 amide bonds. The normalized spacial score (nSPS) is 12.8. The number of aliphatic hydroxyl groups excluding tert-OH is 1. The summed E-state index contributed by atoms with van der Waals surface area (Å²) in [4.78, 5) is 0. The molecule has 1 unspecified atom stereocenters. The van der Waals surface area contributed by atoms with Crippen molar-refractivity contribution in [2.45, 2.75) is 12.5 Å². The van der Waals surface area contributed by atoms with Gasteiger partial charge in [0.05, 0.1) is 0 Å². The monoisotopic (exact) mass is 261 g/mol. The van der Waals surface area contributed by atoms with Crippen LogP contribution in [0, 0.1) is 0 Å². The zero-order valence-electron chi connectivity index (χ0n) is 10.4. The van der Waals surface area contributed by atoms with Crippen molar-refractivity contribution >= 4 is 22.5 Å². The summed E-state index contributed by atoms with van der Waals surface area (Å²) in [5.74, 6) is 1.86. The SMILES string of the molecule is NC(CSCCCO)c1cccc2ccccc12. The van der Waals surface area contributed by atoms with E-state index in [1.807, 2.05) is 6.07 Å². The fourth-order valence-corrected chi connectivity index (χ4v) is 2.97. The smallest absolute Gasteiger partial charge is 0.0438 e. The molecule has 2 rings (SSSR count). The largest absolute Gasteiger partial charge is 0.396 e. The molecule has 3 heteroatoms. The number of hydrogen-bond acceptors (Lipinski definition) is 3. The van der Waals surface area contributed by atoms with Gasteiger partial charge >= 0.3 is 0 Å².